The molecular weight excluding hydrogens is 385 g/mol. The minimum absolute atomic E-state index is 0.00455. The minimum Gasteiger partial charge on any atom is -0.474 e. The molecule has 3 aliphatic rings. The maximum absolute atomic E-state index is 14.0. The Balaban J connectivity index is 1.15. The smallest absolute Gasteiger partial charge is 0.225 e. The van der Waals surface area contributed by atoms with Gasteiger partial charge in [0.25, 0.3) is 0 Å². The van der Waals surface area contributed by atoms with Gasteiger partial charge in [0.1, 0.15) is 17.6 Å². The molecule has 0 bridgehead atoms. The van der Waals surface area contributed by atoms with Gasteiger partial charge in [-0.3, -0.25) is 4.79 Å². The van der Waals surface area contributed by atoms with Crippen molar-refractivity contribution in [3.63, 3.8) is 0 Å². The molecular formula is C23H30FN3O3. The summed E-state index contributed by atoms with van der Waals surface area (Å²) in [7, 11) is 0. The van der Waals surface area contributed by atoms with E-state index in [-0.39, 0.29) is 29.2 Å². The third-order valence-electron chi connectivity index (χ3n) is 7.36. The van der Waals surface area contributed by atoms with Crippen LogP contribution in [0.25, 0.3) is 11.0 Å². The zero-order valence-corrected chi connectivity index (χ0v) is 17.7. The molecule has 3 heterocycles. The molecule has 30 heavy (non-hydrogen) atoms. The van der Waals surface area contributed by atoms with E-state index < -0.39 is 5.60 Å². The zero-order chi connectivity index (χ0) is 21.1. The summed E-state index contributed by atoms with van der Waals surface area (Å²) in [6.07, 6.45) is 6.77. The fraction of sp³-hybridized carbons (Fsp3) is 0.652. The second-order valence-electron chi connectivity index (χ2n) is 9.90. The number of halogens is 1. The van der Waals surface area contributed by atoms with Crippen LogP contribution in [0.1, 0.15) is 52.4 Å². The van der Waals surface area contributed by atoms with E-state index in [1.54, 1.807) is 23.6 Å². The highest BCUT2D eigenvalue weighted by atomic mass is 19.1. The number of hydrogen-bond donors (Lipinski definition) is 1. The lowest BCUT2D eigenvalue weighted by molar-refractivity contribution is -0.164. The molecule has 7 heteroatoms. The van der Waals surface area contributed by atoms with Gasteiger partial charge in [0.05, 0.1) is 11.0 Å². The number of aryl methyl sites for hydroxylation is 1. The maximum atomic E-state index is 14.0. The first-order valence-corrected chi connectivity index (χ1v) is 11.1. The number of carbonyl (C=O) groups excluding carboxylic acids is 1. The summed E-state index contributed by atoms with van der Waals surface area (Å²) in [6, 6.07) is 3.50. The van der Waals surface area contributed by atoms with Gasteiger partial charge in [-0.1, -0.05) is 0 Å². The van der Waals surface area contributed by atoms with Crippen LogP contribution < -0.4 is 4.74 Å². The van der Waals surface area contributed by atoms with E-state index in [0.717, 1.165) is 38.8 Å². The Labute approximate surface area is 176 Å². The van der Waals surface area contributed by atoms with Gasteiger partial charge in [0.15, 0.2) is 0 Å². The van der Waals surface area contributed by atoms with E-state index in [1.165, 1.54) is 6.20 Å². The van der Waals surface area contributed by atoms with Gasteiger partial charge in [-0.15, -0.1) is 0 Å². The number of rotatable bonds is 4. The first kappa shape index (κ1) is 19.8. The Kier molecular flexibility index (Phi) is 4.58. The zero-order valence-electron chi connectivity index (χ0n) is 17.7. The number of likely N-dealkylation sites (tertiary alicyclic amines) is 1. The van der Waals surface area contributed by atoms with Crippen LogP contribution in [0.5, 0.6) is 5.88 Å². The molecule has 2 aromatic heterocycles. The summed E-state index contributed by atoms with van der Waals surface area (Å²) >= 11 is 0. The van der Waals surface area contributed by atoms with Crippen molar-refractivity contribution in [2.45, 2.75) is 70.6 Å². The lowest BCUT2D eigenvalue weighted by atomic mass is 9.66. The quantitative estimate of drug-likeness (QED) is 0.830. The van der Waals surface area contributed by atoms with Gasteiger partial charge in [-0.2, -0.15) is 4.98 Å². The molecule has 2 aliphatic carbocycles. The summed E-state index contributed by atoms with van der Waals surface area (Å²) < 4.78 is 21.9. The van der Waals surface area contributed by atoms with Crippen LogP contribution in [0.4, 0.5) is 4.39 Å². The molecule has 162 valence electrons. The molecule has 0 aromatic carbocycles. The van der Waals surface area contributed by atoms with Crippen molar-refractivity contribution in [1.29, 1.82) is 0 Å². The summed E-state index contributed by atoms with van der Waals surface area (Å²) in [5.74, 6) is 0.526. The Bertz CT molecular complexity index is 961. The highest BCUT2D eigenvalue weighted by Gasteiger charge is 2.51. The van der Waals surface area contributed by atoms with Crippen molar-refractivity contribution in [3.05, 3.63) is 24.1 Å². The highest BCUT2D eigenvalue weighted by molar-refractivity contribution is 5.81. The van der Waals surface area contributed by atoms with Crippen LogP contribution in [0.3, 0.4) is 0 Å². The third-order valence-corrected chi connectivity index (χ3v) is 7.36. The predicted octanol–water partition coefficient (Wildman–Crippen LogP) is 3.51. The Morgan fingerprint density at radius 1 is 1.30 bits per heavy atom. The van der Waals surface area contributed by atoms with Crippen LogP contribution in [0.15, 0.2) is 18.3 Å². The predicted molar refractivity (Wildman–Crippen MR) is 111 cm³/mol. The number of hydrogen-bond acceptors (Lipinski definition) is 4. The lowest BCUT2D eigenvalue weighted by Gasteiger charge is -2.55. The molecule has 0 atom stereocenters. The van der Waals surface area contributed by atoms with E-state index in [0.29, 0.717) is 36.3 Å². The van der Waals surface area contributed by atoms with Gasteiger partial charge in [0, 0.05) is 43.2 Å². The van der Waals surface area contributed by atoms with Crippen molar-refractivity contribution >= 4 is 16.9 Å². The molecule has 1 saturated heterocycles. The molecule has 1 amide bonds. The van der Waals surface area contributed by atoms with Crippen molar-refractivity contribution in [2.24, 2.45) is 11.3 Å². The van der Waals surface area contributed by atoms with Crippen molar-refractivity contribution < 1.29 is 19.0 Å². The fourth-order valence-electron chi connectivity index (χ4n) is 5.57. The number of nitrogens with zero attached hydrogens (tertiary/aromatic N) is 3. The number of ether oxygens (including phenoxy) is 1. The average molecular weight is 416 g/mol. The first-order valence-electron chi connectivity index (χ1n) is 11.1. The van der Waals surface area contributed by atoms with Gasteiger partial charge in [-0.25, -0.2) is 4.39 Å². The summed E-state index contributed by atoms with van der Waals surface area (Å²) in [6.45, 7) is 6.11. The molecule has 1 spiro atoms. The summed E-state index contributed by atoms with van der Waals surface area (Å²) in [5, 5.41) is 10.4. The van der Waals surface area contributed by atoms with Gasteiger partial charge in [0.2, 0.25) is 11.8 Å². The number of fused-ring (bicyclic) bond motifs is 1. The third kappa shape index (κ3) is 3.37. The number of aromatic nitrogens is 2. The second-order valence-corrected chi connectivity index (χ2v) is 9.90. The monoisotopic (exact) mass is 415 g/mol. The maximum Gasteiger partial charge on any atom is 0.225 e. The molecule has 1 N–H and O–H groups in total. The van der Waals surface area contributed by atoms with Crippen LogP contribution in [0, 0.1) is 17.2 Å². The normalized spacial score (nSPS) is 28.4. The molecule has 6 nitrogen and oxygen atoms in total. The van der Waals surface area contributed by atoms with E-state index in [2.05, 4.69) is 4.98 Å². The highest BCUT2D eigenvalue weighted by Crippen LogP contribution is 2.47. The molecule has 5 rings (SSSR count). The lowest BCUT2D eigenvalue weighted by Crippen LogP contribution is -2.63. The molecule has 0 unspecified atom stereocenters. The van der Waals surface area contributed by atoms with E-state index in [4.69, 9.17) is 4.74 Å². The average Bonchev–Trinajstić information content (AvgIpc) is 3.00. The molecule has 1 aliphatic heterocycles. The van der Waals surface area contributed by atoms with Crippen LogP contribution in [-0.2, 0) is 11.3 Å². The van der Waals surface area contributed by atoms with Gasteiger partial charge < -0.3 is 19.3 Å². The van der Waals surface area contributed by atoms with E-state index >= 15 is 0 Å². The Hall–Kier alpha value is -2.15. The molecule has 2 saturated carbocycles. The van der Waals surface area contributed by atoms with E-state index in [9.17, 15) is 14.3 Å². The Morgan fingerprint density at radius 3 is 2.63 bits per heavy atom. The number of aliphatic hydroxyl groups is 1. The van der Waals surface area contributed by atoms with Crippen molar-refractivity contribution in [3.8, 4) is 5.88 Å². The number of amides is 1. The topological polar surface area (TPSA) is 67.6 Å². The number of pyridine rings is 1. The molecule has 0 radical (unpaired) electrons. The van der Waals surface area contributed by atoms with Crippen molar-refractivity contribution in [2.75, 3.05) is 13.1 Å². The van der Waals surface area contributed by atoms with Crippen molar-refractivity contribution in [1.82, 2.24) is 14.5 Å². The Morgan fingerprint density at radius 2 is 2.00 bits per heavy atom. The molecule has 2 aromatic rings. The standard InChI is InChI=1S/C23H30FN3O3/c1-3-26-12-18(24)17-4-5-19(25-20(17)26)30-16-6-8-23(9-7-16)13-27(14-23)21(28)15-10-22(2,29)11-15/h4-5,12,15-16,29H,3,6-11,13-14H2,1-2H3. The largest absolute Gasteiger partial charge is 0.474 e. The van der Waals surface area contributed by atoms with Crippen LogP contribution >= 0.6 is 0 Å². The van der Waals surface area contributed by atoms with Crippen LogP contribution in [-0.4, -0.2) is 50.3 Å². The second kappa shape index (κ2) is 6.94. The van der Waals surface area contributed by atoms with Gasteiger partial charge >= 0.3 is 0 Å². The minimum atomic E-state index is -0.653. The first-order chi connectivity index (χ1) is 14.3. The summed E-state index contributed by atoms with van der Waals surface area (Å²) in [5.41, 5.74) is 0.210. The van der Waals surface area contributed by atoms with Gasteiger partial charge in [-0.05, 0) is 58.4 Å². The number of carbonyl (C=O) groups is 1. The molecule has 3 fully saturated rings. The summed E-state index contributed by atoms with van der Waals surface area (Å²) in [4.78, 5) is 19.1. The SMILES string of the molecule is CCn1cc(F)c2ccc(OC3CCC4(CC3)CN(C(=O)C3CC(C)(O)C3)C4)nc21. The van der Waals surface area contributed by atoms with E-state index in [1.807, 2.05) is 11.8 Å². The fourth-order valence-corrected chi connectivity index (χ4v) is 5.57. The van der Waals surface area contributed by atoms with Crippen LogP contribution in [0.2, 0.25) is 0 Å².